The Bertz CT molecular complexity index is 843. The lowest BCUT2D eigenvalue weighted by Crippen LogP contribution is -2.38. The predicted molar refractivity (Wildman–Crippen MR) is 117 cm³/mol. The Balaban J connectivity index is 1.46. The highest BCUT2D eigenvalue weighted by Crippen LogP contribution is 2.27. The molecule has 0 heterocycles. The summed E-state index contributed by atoms with van der Waals surface area (Å²) in [7, 11) is 0. The van der Waals surface area contributed by atoms with E-state index in [1.807, 2.05) is 56.3 Å². The first kappa shape index (κ1) is 21.3. The SMILES string of the molecule is Cc1cccc(C)c1NC(=O)CN(CCC(=O)NCc1ccc(Cl)cc1)C1CC1. The Morgan fingerprint density at radius 3 is 2.31 bits per heavy atom. The molecule has 154 valence electrons. The van der Waals surface area contributed by atoms with Gasteiger partial charge >= 0.3 is 0 Å². The van der Waals surface area contributed by atoms with Crippen molar-refractivity contribution in [2.45, 2.75) is 45.7 Å². The maximum Gasteiger partial charge on any atom is 0.238 e. The molecule has 29 heavy (non-hydrogen) atoms. The number of benzene rings is 2. The molecule has 0 spiro atoms. The Labute approximate surface area is 177 Å². The number of nitrogens with one attached hydrogen (secondary N) is 2. The first-order valence-electron chi connectivity index (χ1n) is 10.0. The number of hydrogen-bond donors (Lipinski definition) is 2. The van der Waals surface area contributed by atoms with Crippen LogP contribution in [0.4, 0.5) is 5.69 Å². The third-order valence-electron chi connectivity index (χ3n) is 5.18. The maximum absolute atomic E-state index is 12.6. The molecule has 2 N–H and O–H groups in total. The van der Waals surface area contributed by atoms with Crippen molar-refractivity contribution >= 4 is 29.1 Å². The van der Waals surface area contributed by atoms with Crippen LogP contribution >= 0.6 is 11.6 Å². The highest BCUT2D eigenvalue weighted by atomic mass is 35.5. The molecule has 0 aliphatic heterocycles. The summed E-state index contributed by atoms with van der Waals surface area (Å²) < 4.78 is 0. The molecule has 2 aromatic carbocycles. The summed E-state index contributed by atoms with van der Waals surface area (Å²) >= 11 is 5.88. The van der Waals surface area contributed by atoms with Gasteiger partial charge in [-0.05, 0) is 55.5 Å². The molecule has 6 heteroatoms. The van der Waals surface area contributed by atoms with Crippen LogP contribution in [0.15, 0.2) is 42.5 Å². The van der Waals surface area contributed by atoms with Gasteiger partial charge in [-0.25, -0.2) is 0 Å². The number of carbonyl (C=O) groups excluding carboxylic acids is 2. The molecule has 0 atom stereocenters. The van der Waals surface area contributed by atoms with Crippen molar-refractivity contribution in [3.63, 3.8) is 0 Å². The van der Waals surface area contributed by atoms with Gasteiger partial charge in [-0.15, -0.1) is 0 Å². The van der Waals surface area contributed by atoms with Crippen LogP contribution in [-0.4, -0.2) is 35.8 Å². The molecule has 2 amide bonds. The van der Waals surface area contributed by atoms with Crippen LogP contribution in [-0.2, 0) is 16.1 Å². The number of carbonyl (C=O) groups is 2. The van der Waals surface area contributed by atoms with Gasteiger partial charge in [0, 0.05) is 36.3 Å². The van der Waals surface area contributed by atoms with Gasteiger partial charge in [0.2, 0.25) is 11.8 Å². The van der Waals surface area contributed by atoms with E-state index in [9.17, 15) is 9.59 Å². The second-order valence-electron chi connectivity index (χ2n) is 7.67. The summed E-state index contributed by atoms with van der Waals surface area (Å²) in [5, 5.41) is 6.65. The van der Waals surface area contributed by atoms with E-state index in [0.717, 1.165) is 35.2 Å². The minimum Gasteiger partial charge on any atom is -0.352 e. The molecule has 0 bridgehead atoms. The van der Waals surface area contributed by atoms with Gasteiger partial charge in [0.05, 0.1) is 6.54 Å². The van der Waals surface area contributed by atoms with Crippen LogP contribution < -0.4 is 10.6 Å². The summed E-state index contributed by atoms with van der Waals surface area (Å²) in [5.41, 5.74) is 4.00. The number of aryl methyl sites for hydroxylation is 2. The minimum atomic E-state index is -0.0316. The monoisotopic (exact) mass is 413 g/mol. The van der Waals surface area contributed by atoms with Gasteiger partial charge in [-0.1, -0.05) is 41.9 Å². The van der Waals surface area contributed by atoms with Gasteiger partial charge in [-0.2, -0.15) is 0 Å². The molecule has 1 saturated carbocycles. The van der Waals surface area contributed by atoms with E-state index in [1.54, 1.807) is 0 Å². The van der Waals surface area contributed by atoms with Crippen LogP contribution in [0.25, 0.3) is 0 Å². The number of anilines is 1. The number of para-hydroxylation sites is 1. The zero-order chi connectivity index (χ0) is 20.8. The van der Waals surface area contributed by atoms with E-state index in [0.29, 0.717) is 37.1 Å². The number of nitrogens with zero attached hydrogens (tertiary/aromatic N) is 1. The summed E-state index contributed by atoms with van der Waals surface area (Å²) in [6.07, 6.45) is 2.55. The average molecular weight is 414 g/mol. The molecule has 3 rings (SSSR count). The third-order valence-corrected chi connectivity index (χ3v) is 5.44. The maximum atomic E-state index is 12.6. The number of hydrogen-bond acceptors (Lipinski definition) is 3. The normalized spacial score (nSPS) is 13.4. The fourth-order valence-corrected chi connectivity index (χ4v) is 3.47. The topological polar surface area (TPSA) is 61.4 Å². The fourth-order valence-electron chi connectivity index (χ4n) is 3.34. The lowest BCUT2D eigenvalue weighted by molar-refractivity contribution is -0.122. The van der Waals surface area contributed by atoms with Crippen LogP contribution in [0, 0.1) is 13.8 Å². The first-order chi connectivity index (χ1) is 13.9. The van der Waals surface area contributed by atoms with Gasteiger partial charge in [0.25, 0.3) is 0 Å². The van der Waals surface area contributed by atoms with Crippen LogP contribution in [0.3, 0.4) is 0 Å². The van der Waals surface area contributed by atoms with Crippen LogP contribution in [0.2, 0.25) is 5.02 Å². The summed E-state index contributed by atoms with van der Waals surface area (Å²) in [6, 6.07) is 13.8. The summed E-state index contributed by atoms with van der Waals surface area (Å²) in [6.45, 7) is 5.35. The highest BCUT2D eigenvalue weighted by Gasteiger charge is 2.30. The Morgan fingerprint density at radius 1 is 1.03 bits per heavy atom. The second-order valence-corrected chi connectivity index (χ2v) is 8.11. The van der Waals surface area contributed by atoms with Gasteiger partial charge in [0.15, 0.2) is 0 Å². The quantitative estimate of drug-likeness (QED) is 0.651. The molecule has 0 aromatic heterocycles. The van der Waals surface area contributed by atoms with Crippen molar-refractivity contribution in [3.05, 3.63) is 64.2 Å². The van der Waals surface area contributed by atoms with Crippen molar-refractivity contribution in [2.75, 3.05) is 18.4 Å². The zero-order valence-corrected chi connectivity index (χ0v) is 17.8. The van der Waals surface area contributed by atoms with Crippen LogP contribution in [0.5, 0.6) is 0 Å². The number of rotatable bonds is 9. The van der Waals surface area contributed by atoms with Crippen molar-refractivity contribution < 1.29 is 9.59 Å². The van der Waals surface area contributed by atoms with Crippen LogP contribution in [0.1, 0.15) is 36.0 Å². The molecule has 0 saturated heterocycles. The fraction of sp³-hybridized carbons (Fsp3) is 0.391. The minimum absolute atomic E-state index is 0.0132. The molecule has 1 aliphatic carbocycles. The molecule has 5 nitrogen and oxygen atoms in total. The lowest BCUT2D eigenvalue weighted by atomic mass is 10.1. The van der Waals surface area contributed by atoms with Gasteiger partial charge in [-0.3, -0.25) is 14.5 Å². The number of amides is 2. The van der Waals surface area contributed by atoms with Crippen molar-refractivity contribution in [2.24, 2.45) is 0 Å². The molecular weight excluding hydrogens is 386 g/mol. The molecule has 1 fully saturated rings. The van der Waals surface area contributed by atoms with E-state index >= 15 is 0 Å². The van der Waals surface area contributed by atoms with E-state index in [4.69, 9.17) is 11.6 Å². The van der Waals surface area contributed by atoms with Crippen molar-refractivity contribution in [1.29, 1.82) is 0 Å². The molecule has 0 radical (unpaired) electrons. The van der Waals surface area contributed by atoms with E-state index in [1.165, 1.54) is 0 Å². The standard InChI is InChI=1S/C23H28ClN3O2/c1-16-4-3-5-17(2)23(16)26-22(29)15-27(20-10-11-20)13-12-21(28)25-14-18-6-8-19(24)9-7-18/h3-9,20H,10-15H2,1-2H3,(H,25,28)(H,26,29). The van der Waals surface area contributed by atoms with E-state index < -0.39 is 0 Å². The number of halogens is 1. The third kappa shape index (κ3) is 6.58. The predicted octanol–water partition coefficient (Wildman–Crippen LogP) is 4.07. The highest BCUT2D eigenvalue weighted by molar-refractivity contribution is 6.30. The molecular formula is C23H28ClN3O2. The Hall–Kier alpha value is -2.37. The average Bonchev–Trinajstić information content (AvgIpc) is 3.53. The van der Waals surface area contributed by atoms with E-state index in [-0.39, 0.29) is 11.8 Å². The summed E-state index contributed by atoms with van der Waals surface area (Å²) in [5.74, 6) is -0.0448. The first-order valence-corrected chi connectivity index (χ1v) is 10.4. The second kappa shape index (κ2) is 9.90. The zero-order valence-electron chi connectivity index (χ0n) is 17.0. The summed E-state index contributed by atoms with van der Waals surface area (Å²) in [4.78, 5) is 26.9. The van der Waals surface area contributed by atoms with Gasteiger partial charge < -0.3 is 10.6 Å². The van der Waals surface area contributed by atoms with E-state index in [2.05, 4.69) is 15.5 Å². The molecule has 2 aromatic rings. The van der Waals surface area contributed by atoms with Crippen molar-refractivity contribution in [1.82, 2.24) is 10.2 Å². The smallest absolute Gasteiger partial charge is 0.238 e. The lowest BCUT2D eigenvalue weighted by Gasteiger charge is -2.22. The molecule has 1 aliphatic rings. The van der Waals surface area contributed by atoms with Crippen molar-refractivity contribution in [3.8, 4) is 0 Å². The Morgan fingerprint density at radius 2 is 1.69 bits per heavy atom. The molecule has 0 unspecified atom stereocenters. The largest absolute Gasteiger partial charge is 0.352 e. The Kier molecular flexibility index (Phi) is 7.29. The van der Waals surface area contributed by atoms with Gasteiger partial charge in [0.1, 0.15) is 0 Å².